The van der Waals surface area contributed by atoms with Crippen molar-refractivity contribution in [2.75, 3.05) is 25.6 Å². The van der Waals surface area contributed by atoms with E-state index in [9.17, 15) is 14.4 Å². The van der Waals surface area contributed by atoms with E-state index in [0.717, 1.165) is 6.42 Å². The fourth-order valence-corrected chi connectivity index (χ4v) is 3.70. The minimum Gasteiger partial charge on any atom is -0.484 e. The molecule has 0 bridgehead atoms. The number of esters is 1. The van der Waals surface area contributed by atoms with Crippen molar-refractivity contribution in [1.29, 1.82) is 0 Å². The molecule has 1 aliphatic rings. The van der Waals surface area contributed by atoms with Gasteiger partial charge in [-0.1, -0.05) is 30.7 Å². The van der Waals surface area contributed by atoms with E-state index < -0.39 is 12.0 Å². The summed E-state index contributed by atoms with van der Waals surface area (Å²) in [4.78, 5) is 39.1. The summed E-state index contributed by atoms with van der Waals surface area (Å²) in [5.41, 5.74) is 2.03. The number of urea groups is 1. The minimum absolute atomic E-state index is 0.190. The quantitative estimate of drug-likeness (QED) is 0.560. The summed E-state index contributed by atoms with van der Waals surface area (Å²) in [5, 5.41) is 6.22. The summed E-state index contributed by atoms with van der Waals surface area (Å²) in [6, 6.07) is 12.6. The van der Waals surface area contributed by atoms with Gasteiger partial charge in [0.05, 0.1) is 18.7 Å². The number of nitrogens with one attached hydrogen (secondary N) is 2. The summed E-state index contributed by atoms with van der Waals surface area (Å²) >= 11 is 5.85. The lowest BCUT2D eigenvalue weighted by molar-refractivity contribution is -0.136. The standard InChI is InChI=1S/C24H26ClN3O5/c1-4-12-28-15(2)21(23(30)32-3)22(27-24(28)31)16-6-5-7-18(13-16)26-20(29)14-33-19-10-8-17(25)9-11-19/h5-11,13,22H,4,12,14H2,1-3H3,(H,26,29)(H,27,31). The van der Waals surface area contributed by atoms with Crippen LogP contribution in [0.2, 0.25) is 5.02 Å². The number of nitrogens with zero attached hydrogens (tertiary/aromatic N) is 1. The number of ether oxygens (including phenoxy) is 2. The maximum Gasteiger partial charge on any atom is 0.337 e. The Balaban J connectivity index is 1.78. The van der Waals surface area contributed by atoms with Crippen molar-refractivity contribution >= 4 is 35.2 Å². The van der Waals surface area contributed by atoms with Crippen LogP contribution in [0, 0.1) is 0 Å². The maximum atomic E-state index is 12.7. The molecule has 8 nitrogen and oxygen atoms in total. The van der Waals surface area contributed by atoms with Crippen LogP contribution in [0.1, 0.15) is 31.9 Å². The van der Waals surface area contributed by atoms with E-state index in [1.165, 1.54) is 12.0 Å². The van der Waals surface area contributed by atoms with E-state index in [1.54, 1.807) is 55.5 Å². The Labute approximate surface area is 197 Å². The Kier molecular flexibility index (Phi) is 7.95. The zero-order valence-electron chi connectivity index (χ0n) is 18.7. The van der Waals surface area contributed by atoms with Gasteiger partial charge in [0.25, 0.3) is 5.91 Å². The highest BCUT2D eigenvalue weighted by Crippen LogP contribution is 2.32. The summed E-state index contributed by atoms with van der Waals surface area (Å²) in [7, 11) is 1.30. The smallest absolute Gasteiger partial charge is 0.337 e. The lowest BCUT2D eigenvalue weighted by Gasteiger charge is -2.35. The highest BCUT2D eigenvalue weighted by atomic mass is 35.5. The van der Waals surface area contributed by atoms with Crippen LogP contribution in [-0.4, -0.2) is 43.1 Å². The monoisotopic (exact) mass is 471 g/mol. The predicted octanol–water partition coefficient (Wildman–Crippen LogP) is 4.28. The largest absolute Gasteiger partial charge is 0.484 e. The maximum absolute atomic E-state index is 12.7. The molecule has 174 valence electrons. The predicted molar refractivity (Wildman–Crippen MR) is 125 cm³/mol. The van der Waals surface area contributed by atoms with E-state index in [4.69, 9.17) is 21.1 Å². The molecule has 0 saturated carbocycles. The SMILES string of the molecule is CCCN1C(=O)NC(c2cccc(NC(=O)COc3ccc(Cl)cc3)c2)C(C(=O)OC)=C1C. The molecular weight excluding hydrogens is 446 g/mol. The molecule has 2 aromatic carbocycles. The third kappa shape index (κ3) is 5.84. The second-order valence-electron chi connectivity index (χ2n) is 7.44. The molecule has 1 aliphatic heterocycles. The average molecular weight is 472 g/mol. The van der Waals surface area contributed by atoms with Crippen LogP contribution in [0.5, 0.6) is 5.75 Å². The Hall–Kier alpha value is -3.52. The van der Waals surface area contributed by atoms with Crippen molar-refractivity contribution in [3.05, 3.63) is 70.4 Å². The topological polar surface area (TPSA) is 97.0 Å². The number of amides is 3. The highest BCUT2D eigenvalue weighted by molar-refractivity contribution is 6.30. The number of halogens is 1. The molecule has 2 aromatic rings. The summed E-state index contributed by atoms with van der Waals surface area (Å²) in [6.07, 6.45) is 0.740. The first-order valence-electron chi connectivity index (χ1n) is 10.5. The molecule has 0 aromatic heterocycles. The highest BCUT2D eigenvalue weighted by Gasteiger charge is 2.36. The lowest BCUT2D eigenvalue weighted by Crippen LogP contribution is -2.48. The number of benzene rings is 2. The van der Waals surface area contributed by atoms with Gasteiger partial charge in [0.2, 0.25) is 0 Å². The first-order valence-corrected chi connectivity index (χ1v) is 10.9. The van der Waals surface area contributed by atoms with Crippen LogP contribution in [0.15, 0.2) is 59.8 Å². The normalized spacial score (nSPS) is 15.7. The second kappa shape index (κ2) is 10.9. The number of hydrogen-bond acceptors (Lipinski definition) is 5. The lowest BCUT2D eigenvalue weighted by atomic mass is 9.94. The summed E-state index contributed by atoms with van der Waals surface area (Å²) in [6.45, 7) is 3.97. The van der Waals surface area contributed by atoms with E-state index in [2.05, 4.69) is 10.6 Å². The molecule has 3 rings (SSSR count). The fourth-order valence-electron chi connectivity index (χ4n) is 3.57. The molecule has 9 heteroatoms. The molecule has 0 saturated heterocycles. The molecule has 0 radical (unpaired) electrons. The van der Waals surface area contributed by atoms with Gasteiger partial charge in [-0.25, -0.2) is 9.59 Å². The van der Waals surface area contributed by atoms with Gasteiger partial charge >= 0.3 is 12.0 Å². The van der Waals surface area contributed by atoms with Crippen LogP contribution in [-0.2, 0) is 14.3 Å². The number of hydrogen-bond donors (Lipinski definition) is 2. The summed E-state index contributed by atoms with van der Waals surface area (Å²) < 4.78 is 10.4. The van der Waals surface area contributed by atoms with Crippen LogP contribution < -0.4 is 15.4 Å². The molecule has 0 fully saturated rings. The van der Waals surface area contributed by atoms with Crippen molar-refractivity contribution in [3.8, 4) is 5.75 Å². The van der Waals surface area contributed by atoms with Gasteiger partial charge in [0.1, 0.15) is 5.75 Å². The summed E-state index contributed by atoms with van der Waals surface area (Å²) in [5.74, 6) is -0.360. The van der Waals surface area contributed by atoms with E-state index >= 15 is 0 Å². The van der Waals surface area contributed by atoms with Gasteiger partial charge in [-0.15, -0.1) is 0 Å². The molecule has 2 N–H and O–H groups in total. The number of carbonyl (C=O) groups is 3. The van der Waals surface area contributed by atoms with E-state index in [0.29, 0.717) is 39.8 Å². The van der Waals surface area contributed by atoms with Crippen LogP contribution in [0.25, 0.3) is 0 Å². The first kappa shape index (κ1) is 24.1. The zero-order chi connectivity index (χ0) is 24.0. The van der Waals surface area contributed by atoms with Crippen molar-refractivity contribution < 1.29 is 23.9 Å². The molecule has 0 spiro atoms. The molecule has 1 unspecified atom stereocenters. The second-order valence-corrected chi connectivity index (χ2v) is 7.88. The van der Waals surface area contributed by atoms with Gasteiger partial charge in [-0.3, -0.25) is 9.69 Å². The third-order valence-electron chi connectivity index (χ3n) is 5.14. The number of rotatable bonds is 8. The molecule has 3 amide bonds. The number of carbonyl (C=O) groups excluding carboxylic acids is 3. The van der Waals surface area contributed by atoms with Crippen molar-refractivity contribution in [2.24, 2.45) is 0 Å². The van der Waals surface area contributed by atoms with E-state index in [1.807, 2.05) is 6.92 Å². The van der Waals surface area contributed by atoms with Gasteiger partial charge in [0, 0.05) is 23.0 Å². The zero-order valence-corrected chi connectivity index (χ0v) is 19.4. The first-order chi connectivity index (χ1) is 15.8. The van der Waals surface area contributed by atoms with Crippen LogP contribution >= 0.6 is 11.6 Å². The minimum atomic E-state index is -0.708. The van der Waals surface area contributed by atoms with Gasteiger partial charge in [-0.05, 0) is 55.3 Å². The van der Waals surface area contributed by atoms with E-state index in [-0.39, 0.29) is 18.5 Å². The van der Waals surface area contributed by atoms with Gasteiger partial charge < -0.3 is 20.1 Å². The van der Waals surface area contributed by atoms with Crippen molar-refractivity contribution in [2.45, 2.75) is 26.3 Å². The number of anilines is 1. The van der Waals surface area contributed by atoms with Gasteiger partial charge in [0.15, 0.2) is 6.61 Å². The third-order valence-corrected chi connectivity index (χ3v) is 5.39. The molecule has 33 heavy (non-hydrogen) atoms. The van der Waals surface area contributed by atoms with Crippen molar-refractivity contribution in [3.63, 3.8) is 0 Å². The molecule has 1 heterocycles. The fraction of sp³-hybridized carbons (Fsp3) is 0.292. The Morgan fingerprint density at radius 3 is 2.58 bits per heavy atom. The Bertz CT molecular complexity index is 1070. The number of allylic oxidation sites excluding steroid dienone is 1. The molecular formula is C24H26ClN3O5. The Morgan fingerprint density at radius 2 is 1.91 bits per heavy atom. The molecule has 1 atom stereocenters. The van der Waals surface area contributed by atoms with Crippen LogP contribution in [0.4, 0.5) is 10.5 Å². The van der Waals surface area contributed by atoms with Gasteiger partial charge in [-0.2, -0.15) is 0 Å². The van der Waals surface area contributed by atoms with Crippen molar-refractivity contribution in [1.82, 2.24) is 10.2 Å². The number of methoxy groups -OCH3 is 1. The average Bonchev–Trinajstić information content (AvgIpc) is 2.80. The van der Waals surface area contributed by atoms with Crippen LogP contribution in [0.3, 0.4) is 0 Å². The Morgan fingerprint density at radius 1 is 1.18 bits per heavy atom. The molecule has 0 aliphatic carbocycles.